The summed E-state index contributed by atoms with van der Waals surface area (Å²) in [4.78, 5) is 22.9. The fourth-order valence-corrected chi connectivity index (χ4v) is 2.45. The predicted molar refractivity (Wildman–Crippen MR) is 41.8 cm³/mol. The van der Waals surface area contributed by atoms with Crippen molar-refractivity contribution in [2.24, 2.45) is 0 Å². The van der Waals surface area contributed by atoms with Gasteiger partial charge in [0.2, 0.25) is 5.91 Å². The third kappa shape index (κ3) is 0.988. The number of carbonyl (C=O) groups is 1. The summed E-state index contributed by atoms with van der Waals surface area (Å²) in [6.45, 7) is 0.514. The quantitative estimate of drug-likeness (QED) is 0.380. The Morgan fingerprint density at radius 3 is 3.09 bits per heavy atom. The predicted octanol–water partition coefficient (Wildman–Crippen LogP) is 0.0496. The van der Waals surface area contributed by atoms with Crippen LogP contribution in [0.3, 0.4) is 0 Å². The maximum absolute atomic E-state index is 10.9. The van der Waals surface area contributed by atoms with Gasteiger partial charge in [-0.05, 0) is 0 Å². The van der Waals surface area contributed by atoms with Crippen LogP contribution in [0.25, 0.3) is 0 Å². The number of rotatable bonds is 0. The Bertz CT molecular complexity index is 257. The number of thioether (sulfide) groups is 1. The van der Waals surface area contributed by atoms with Crippen molar-refractivity contribution in [2.75, 3.05) is 12.3 Å². The van der Waals surface area contributed by atoms with E-state index in [-0.39, 0.29) is 5.91 Å². The van der Waals surface area contributed by atoms with Crippen LogP contribution in [0, 0.1) is 0 Å². The van der Waals surface area contributed by atoms with Crippen LogP contribution in [-0.2, 0) is 9.59 Å². The van der Waals surface area contributed by atoms with Gasteiger partial charge in [-0.1, -0.05) is 0 Å². The summed E-state index contributed by atoms with van der Waals surface area (Å²) in [5.74, 6) is 2.77. The molecular weight excluding hydrogens is 162 g/mol. The van der Waals surface area contributed by atoms with E-state index in [0.717, 1.165) is 5.75 Å². The Hall–Kier alpha value is -0.730. The minimum Gasteiger partial charge on any atom is -0.325 e. The van der Waals surface area contributed by atoms with Gasteiger partial charge in [0.15, 0.2) is 0 Å². The zero-order valence-corrected chi connectivity index (χ0v) is 6.69. The number of β-lactam (4-membered cyclic amide) rings is 1. The SMILES string of the molecule is O=C=C1CS[C@@H]2CC(=O)N2C1. The minimum atomic E-state index is 0.162. The highest BCUT2D eigenvalue weighted by molar-refractivity contribution is 8.00. The molecule has 58 valence electrons. The summed E-state index contributed by atoms with van der Waals surface area (Å²) in [6.07, 6.45) is 0.650. The molecule has 2 aliphatic heterocycles. The summed E-state index contributed by atoms with van der Waals surface area (Å²) in [6, 6.07) is 0. The van der Waals surface area contributed by atoms with E-state index in [1.54, 1.807) is 16.7 Å². The molecule has 4 heteroatoms. The molecule has 2 heterocycles. The Kier molecular flexibility index (Phi) is 1.51. The number of carbonyl (C=O) groups excluding carboxylic acids is 2. The molecule has 0 spiro atoms. The minimum absolute atomic E-state index is 0.162. The van der Waals surface area contributed by atoms with Gasteiger partial charge in [-0.25, -0.2) is 4.79 Å². The molecular formula is C7H7NO2S. The monoisotopic (exact) mass is 169 g/mol. The van der Waals surface area contributed by atoms with Crippen molar-refractivity contribution in [2.45, 2.75) is 11.8 Å². The summed E-state index contributed by atoms with van der Waals surface area (Å²) in [5, 5.41) is 0.347. The van der Waals surface area contributed by atoms with Crippen molar-refractivity contribution in [3.63, 3.8) is 0 Å². The molecule has 0 saturated carbocycles. The molecule has 2 aliphatic rings. The molecule has 0 aromatic rings. The van der Waals surface area contributed by atoms with Crippen LogP contribution in [0.1, 0.15) is 6.42 Å². The molecule has 2 rings (SSSR count). The van der Waals surface area contributed by atoms with Crippen molar-refractivity contribution in [3.8, 4) is 0 Å². The van der Waals surface area contributed by atoms with Gasteiger partial charge in [0.25, 0.3) is 0 Å². The number of hydrogen-bond donors (Lipinski definition) is 0. The van der Waals surface area contributed by atoms with Gasteiger partial charge in [-0.3, -0.25) is 4.79 Å². The van der Waals surface area contributed by atoms with Crippen molar-refractivity contribution in [3.05, 3.63) is 5.57 Å². The molecule has 0 radical (unpaired) electrons. The highest BCUT2D eigenvalue weighted by Gasteiger charge is 2.39. The van der Waals surface area contributed by atoms with Crippen LogP contribution in [-0.4, -0.2) is 34.4 Å². The van der Waals surface area contributed by atoms with E-state index in [9.17, 15) is 9.59 Å². The van der Waals surface area contributed by atoms with Crippen LogP contribution >= 0.6 is 11.8 Å². The Labute approximate surface area is 68.4 Å². The Morgan fingerprint density at radius 2 is 2.45 bits per heavy atom. The van der Waals surface area contributed by atoms with Crippen molar-refractivity contribution in [1.29, 1.82) is 0 Å². The smallest absolute Gasteiger partial charge is 0.226 e. The number of amides is 1. The standard InChI is InChI=1S/C7H7NO2S/c9-3-5-2-8-6(10)1-7(8)11-4-5/h7H,1-2,4H2/t7-/m1/s1. The van der Waals surface area contributed by atoms with Gasteiger partial charge in [0, 0.05) is 11.3 Å². The molecule has 0 aromatic carbocycles. The largest absolute Gasteiger partial charge is 0.325 e. The first kappa shape index (κ1) is 6.95. The van der Waals surface area contributed by atoms with Crippen LogP contribution in [0.5, 0.6) is 0 Å². The third-order valence-electron chi connectivity index (χ3n) is 1.97. The zero-order valence-electron chi connectivity index (χ0n) is 5.87. The number of fused-ring (bicyclic) bond motifs is 1. The fourth-order valence-electron chi connectivity index (χ4n) is 1.27. The van der Waals surface area contributed by atoms with Crippen molar-refractivity contribution < 1.29 is 9.59 Å². The molecule has 11 heavy (non-hydrogen) atoms. The van der Waals surface area contributed by atoms with E-state index in [0.29, 0.717) is 23.9 Å². The Morgan fingerprint density at radius 1 is 1.64 bits per heavy atom. The lowest BCUT2D eigenvalue weighted by atomic mass is 10.1. The van der Waals surface area contributed by atoms with E-state index in [4.69, 9.17) is 0 Å². The Balaban J connectivity index is 2.11. The average molecular weight is 169 g/mol. The highest BCUT2D eigenvalue weighted by atomic mass is 32.2. The summed E-state index contributed by atoms with van der Waals surface area (Å²) < 4.78 is 0. The van der Waals surface area contributed by atoms with Crippen molar-refractivity contribution >= 4 is 23.6 Å². The molecule has 2 saturated heterocycles. The normalized spacial score (nSPS) is 29.1. The van der Waals surface area contributed by atoms with E-state index >= 15 is 0 Å². The molecule has 0 aromatic heterocycles. The fraction of sp³-hybridized carbons (Fsp3) is 0.571. The van der Waals surface area contributed by atoms with Crippen LogP contribution in [0.15, 0.2) is 5.57 Å². The first-order valence-electron chi connectivity index (χ1n) is 3.45. The summed E-state index contributed by atoms with van der Waals surface area (Å²) >= 11 is 1.65. The van der Waals surface area contributed by atoms with Gasteiger partial charge in [-0.2, -0.15) is 0 Å². The maximum atomic E-state index is 10.9. The maximum Gasteiger partial charge on any atom is 0.226 e. The van der Waals surface area contributed by atoms with E-state index < -0.39 is 0 Å². The van der Waals surface area contributed by atoms with Gasteiger partial charge >= 0.3 is 0 Å². The zero-order chi connectivity index (χ0) is 7.84. The van der Waals surface area contributed by atoms with Crippen molar-refractivity contribution in [1.82, 2.24) is 4.90 Å². The molecule has 3 nitrogen and oxygen atoms in total. The molecule has 0 unspecified atom stereocenters. The van der Waals surface area contributed by atoms with Gasteiger partial charge in [0.05, 0.1) is 18.3 Å². The second-order valence-corrected chi connectivity index (χ2v) is 3.86. The lowest BCUT2D eigenvalue weighted by Gasteiger charge is -2.43. The molecule has 1 atom stereocenters. The second-order valence-electron chi connectivity index (χ2n) is 2.70. The first-order valence-corrected chi connectivity index (χ1v) is 4.50. The lowest BCUT2D eigenvalue weighted by Crippen LogP contribution is -2.54. The molecule has 0 N–H and O–H groups in total. The van der Waals surface area contributed by atoms with Gasteiger partial charge < -0.3 is 4.90 Å². The molecule has 0 aliphatic carbocycles. The second kappa shape index (κ2) is 2.40. The highest BCUT2D eigenvalue weighted by Crippen LogP contribution is 2.34. The van der Waals surface area contributed by atoms with Crippen LogP contribution in [0.2, 0.25) is 0 Å². The van der Waals surface area contributed by atoms with Gasteiger partial charge in [0.1, 0.15) is 5.94 Å². The lowest BCUT2D eigenvalue weighted by molar-refractivity contribution is -0.140. The molecule has 0 bridgehead atoms. The molecule has 1 amide bonds. The average Bonchev–Trinajstić information content (AvgIpc) is 2.03. The number of nitrogens with zero attached hydrogens (tertiary/aromatic N) is 1. The summed E-state index contributed by atoms with van der Waals surface area (Å²) in [7, 11) is 0. The van der Waals surface area contributed by atoms with E-state index in [2.05, 4.69) is 0 Å². The topological polar surface area (TPSA) is 37.4 Å². The van der Waals surface area contributed by atoms with E-state index in [1.165, 1.54) is 0 Å². The van der Waals surface area contributed by atoms with Gasteiger partial charge in [-0.15, -0.1) is 11.8 Å². The van der Waals surface area contributed by atoms with E-state index in [1.807, 2.05) is 5.94 Å². The third-order valence-corrected chi connectivity index (χ3v) is 3.29. The van der Waals surface area contributed by atoms with Crippen LogP contribution < -0.4 is 0 Å². The molecule has 2 fully saturated rings. The number of hydrogen-bond acceptors (Lipinski definition) is 3. The summed E-state index contributed by atoms with van der Waals surface area (Å²) in [5.41, 5.74) is 0.708. The first-order chi connectivity index (χ1) is 5.31. The van der Waals surface area contributed by atoms with Crippen LogP contribution in [0.4, 0.5) is 0 Å².